The van der Waals surface area contributed by atoms with Crippen LogP contribution in [0.4, 0.5) is 0 Å². The molecule has 0 spiro atoms. The van der Waals surface area contributed by atoms with E-state index in [0.717, 1.165) is 19.7 Å². The van der Waals surface area contributed by atoms with Gasteiger partial charge in [-0.15, -0.1) is 12.4 Å². The van der Waals surface area contributed by atoms with Gasteiger partial charge in [-0.05, 0) is 12.5 Å². The topological polar surface area (TPSA) is 21.3 Å². The van der Waals surface area contributed by atoms with E-state index in [0.29, 0.717) is 0 Å². The van der Waals surface area contributed by atoms with Crippen LogP contribution in [0.15, 0.2) is 24.3 Å². The molecule has 0 bridgehead atoms. The van der Waals surface area contributed by atoms with Crippen LogP contribution in [0.1, 0.15) is 17.2 Å². The maximum Gasteiger partial charge on any atom is 0.0949 e. The van der Waals surface area contributed by atoms with Gasteiger partial charge in [0.05, 0.1) is 12.7 Å². The zero-order valence-corrected chi connectivity index (χ0v) is 9.14. The van der Waals surface area contributed by atoms with Gasteiger partial charge in [0.25, 0.3) is 0 Å². The fourth-order valence-corrected chi connectivity index (χ4v) is 1.56. The van der Waals surface area contributed by atoms with Crippen LogP contribution in [0.5, 0.6) is 0 Å². The van der Waals surface area contributed by atoms with E-state index in [-0.39, 0.29) is 18.5 Å². The van der Waals surface area contributed by atoms with Crippen molar-refractivity contribution in [2.75, 3.05) is 19.7 Å². The summed E-state index contributed by atoms with van der Waals surface area (Å²) < 4.78 is 5.64. The molecule has 2 nitrogen and oxygen atoms in total. The summed E-state index contributed by atoms with van der Waals surface area (Å²) in [5.41, 5.74) is 2.57. The largest absolute Gasteiger partial charge is 0.371 e. The number of hydrogen-bond donors (Lipinski definition) is 1. The maximum atomic E-state index is 5.64. The number of morpholine rings is 1. The van der Waals surface area contributed by atoms with Crippen LogP contribution in [0, 0.1) is 6.92 Å². The standard InChI is InChI=1S/C11H15NO.ClH/c1-9-2-4-10(5-3-9)11-8-12-6-7-13-11;/h2-5,11-12H,6-8H2,1H3;1H/t11-;/m1./s1. The molecule has 0 aliphatic carbocycles. The second kappa shape index (κ2) is 5.35. The highest BCUT2D eigenvalue weighted by Crippen LogP contribution is 2.18. The summed E-state index contributed by atoms with van der Waals surface area (Å²) in [6.07, 6.45) is 0.245. The molecule has 1 fully saturated rings. The van der Waals surface area contributed by atoms with Crippen LogP contribution in [-0.2, 0) is 4.74 Å². The minimum absolute atomic E-state index is 0. The molecule has 1 atom stereocenters. The molecule has 1 aliphatic heterocycles. The van der Waals surface area contributed by atoms with Crippen molar-refractivity contribution >= 4 is 12.4 Å². The quantitative estimate of drug-likeness (QED) is 0.772. The predicted octanol–water partition coefficient (Wildman–Crippen LogP) is 2.08. The lowest BCUT2D eigenvalue weighted by atomic mass is 10.1. The molecule has 0 aromatic heterocycles. The van der Waals surface area contributed by atoms with Crippen molar-refractivity contribution in [2.45, 2.75) is 13.0 Å². The van der Waals surface area contributed by atoms with Crippen LogP contribution < -0.4 is 5.32 Å². The highest BCUT2D eigenvalue weighted by Gasteiger charge is 2.14. The van der Waals surface area contributed by atoms with Crippen molar-refractivity contribution in [1.29, 1.82) is 0 Å². The molecular weight excluding hydrogens is 198 g/mol. The normalized spacial score (nSPS) is 21.4. The lowest BCUT2D eigenvalue weighted by Crippen LogP contribution is -2.33. The molecule has 1 aromatic rings. The van der Waals surface area contributed by atoms with Gasteiger partial charge in [-0.3, -0.25) is 0 Å². The third-order valence-electron chi connectivity index (χ3n) is 2.38. The number of halogens is 1. The summed E-state index contributed by atoms with van der Waals surface area (Å²) >= 11 is 0. The number of aryl methyl sites for hydroxylation is 1. The van der Waals surface area contributed by atoms with Gasteiger partial charge in [-0.1, -0.05) is 29.8 Å². The molecule has 1 aliphatic rings. The zero-order valence-electron chi connectivity index (χ0n) is 8.32. The first-order valence-electron chi connectivity index (χ1n) is 4.75. The smallest absolute Gasteiger partial charge is 0.0949 e. The van der Waals surface area contributed by atoms with Crippen molar-refractivity contribution in [3.8, 4) is 0 Å². The Morgan fingerprint density at radius 1 is 1.29 bits per heavy atom. The average molecular weight is 214 g/mol. The molecule has 1 N–H and O–H groups in total. The first-order chi connectivity index (χ1) is 6.36. The minimum Gasteiger partial charge on any atom is -0.371 e. The molecule has 1 saturated heterocycles. The van der Waals surface area contributed by atoms with Gasteiger partial charge in [0.2, 0.25) is 0 Å². The molecule has 3 heteroatoms. The summed E-state index contributed by atoms with van der Waals surface area (Å²) in [5.74, 6) is 0. The van der Waals surface area contributed by atoms with E-state index >= 15 is 0 Å². The van der Waals surface area contributed by atoms with Gasteiger partial charge in [0.1, 0.15) is 0 Å². The maximum absolute atomic E-state index is 5.64. The average Bonchev–Trinajstić information content (AvgIpc) is 2.20. The van der Waals surface area contributed by atoms with Gasteiger partial charge in [-0.2, -0.15) is 0 Å². The van der Waals surface area contributed by atoms with Crippen molar-refractivity contribution < 1.29 is 4.74 Å². The fraction of sp³-hybridized carbons (Fsp3) is 0.455. The predicted molar refractivity (Wildman–Crippen MR) is 60.0 cm³/mol. The monoisotopic (exact) mass is 213 g/mol. The van der Waals surface area contributed by atoms with Crippen molar-refractivity contribution in [1.82, 2.24) is 5.32 Å². The van der Waals surface area contributed by atoms with Crippen LogP contribution >= 0.6 is 12.4 Å². The lowest BCUT2D eigenvalue weighted by molar-refractivity contribution is 0.0277. The molecule has 1 aromatic carbocycles. The highest BCUT2D eigenvalue weighted by molar-refractivity contribution is 5.85. The van der Waals surface area contributed by atoms with E-state index in [2.05, 4.69) is 36.5 Å². The van der Waals surface area contributed by atoms with E-state index in [1.54, 1.807) is 0 Å². The fourth-order valence-electron chi connectivity index (χ4n) is 1.56. The van der Waals surface area contributed by atoms with E-state index in [9.17, 15) is 0 Å². The number of ether oxygens (including phenoxy) is 1. The van der Waals surface area contributed by atoms with Crippen LogP contribution in [-0.4, -0.2) is 19.7 Å². The Kier molecular flexibility index (Phi) is 4.39. The van der Waals surface area contributed by atoms with Crippen molar-refractivity contribution in [3.05, 3.63) is 35.4 Å². The lowest BCUT2D eigenvalue weighted by Gasteiger charge is -2.23. The van der Waals surface area contributed by atoms with Crippen LogP contribution in [0.3, 0.4) is 0 Å². The van der Waals surface area contributed by atoms with Crippen molar-refractivity contribution in [3.63, 3.8) is 0 Å². The first-order valence-corrected chi connectivity index (χ1v) is 4.75. The second-order valence-electron chi connectivity index (χ2n) is 3.47. The highest BCUT2D eigenvalue weighted by atomic mass is 35.5. The van der Waals surface area contributed by atoms with E-state index in [1.165, 1.54) is 11.1 Å². The minimum atomic E-state index is 0. The Morgan fingerprint density at radius 3 is 2.57 bits per heavy atom. The SMILES string of the molecule is Cc1ccc([C@H]2CNCCO2)cc1.Cl. The Bertz CT molecular complexity index is 267. The summed E-state index contributed by atoms with van der Waals surface area (Å²) in [7, 11) is 0. The Morgan fingerprint density at radius 2 is 2.00 bits per heavy atom. The molecule has 78 valence electrons. The van der Waals surface area contributed by atoms with Gasteiger partial charge < -0.3 is 10.1 Å². The summed E-state index contributed by atoms with van der Waals surface area (Å²) in [5, 5.41) is 3.32. The summed E-state index contributed by atoms with van der Waals surface area (Å²) in [6, 6.07) is 8.56. The Labute approximate surface area is 91.1 Å². The van der Waals surface area contributed by atoms with E-state index in [4.69, 9.17) is 4.74 Å². The molecular formula is C11H16ClNO. The van der Waals surface area contributed by atoms with Crippen LogP contribution in [0.25, 0.3) is 0 Å². The molecule has 0 saturated carbocycles. The molecule has 1 heterocycles. The molecule has 0 radical (unpaired) electrons. The second-order valence-corrected chi connectivity index (χ2v) is 3.47. The number of nitrogens with one attached hydrogen (secondary N) is 1. The third-order valence-corrected chi connectivity index (χ3v) is 2.38. The number of rotatable bonds is 1. The molecule has 2 rings (SSSR count). The van der Waals surface area contributed by atoms with Crippen LogP contribution in [0.2, 0.25) is 0 Å². The third kappa shape index (κ3) is 2.71. The zero-order chi connectivity index (χ0) is 9.10. The molecule has 0 unspecified atom stereocenters. The van der Waals surface area contributed by atoms with Gasteiger partial charge in [-0.25, -0.2) is 0 Å². The van der Waals surface area contributed by atoms with Gasteiger partial charge >= 0.3 is 0 Å². The van der Waals surface area contributed by atoms with E-state index < -0.39 is 0 Å². The van der Waals surface area contributed by atoms with Gasteiger partial charge in [0, 0.05) is 13.1 Å². The molecule has 14 heavy (non-hydrogen) atoms. The Hall–Kier alpha value is -0.570. The first kappa shape index (κ1) is 11.5. The van der Waals surface area contributed by atoms with Gasteiger partial charge in [0.15, 0.2) is 0 Å². The summed E-state index contributed by atoms with van der Waals surface area (Å²) in [6.45, 7) is 4.83. The Balaban J connectivity index is 0.000000980. The van der Waals surface area contributed by atoms with Crippen molar-refractivity contribution in [2.24, 2.45) is 0 Å². The number of hydrogen-bond acceptors (Lipinski definition) is 2. The number of benzene rings is 1. The van der Waals surface area contributed by atoms with E-state index in [1.807, 2.05) is 0 Å². The molecule has 0 amide bonds. The summed E-state index contributed by atoms with van der Waals surface area (Å²) in [4.78, 5) is 0.